The van der Waals surface area contributed by atoms with E-state index in [0.717, 1.165) is 43.5 Å². The highest BCUT2D eigenvalue weighted by atomic mass is 19.2. The highest BCUT2D eigenvalue weighted by molar-refractivity contribution is 6.36. The first-order chi connectivity index (χ1) is 22.5. The summed E-state index contributed by atoms with van der Waals surface area (Å²) >= 11 is 0. The number of nitrogens with one attached hydrogen (secondary N) is 2. The molecular weight excluding hydrogens is 577 g/mol. The predicted octanol–water partition coefficient (Wildman–Crippen LogP) is 13.0. The lowest BCUT2D eigenvalue weighted by molar-refractivity contribution is 0.104. The highest BCUT2D eigenvalue weighted by Crippen LogP contribution is 2.21. The fourth-order valence-corrected chi connectivity index (χ4v) is 6.24. The van der Waals surface area contributed by atoms with Crippen LogP contribution in [-0.4, -0.2) is 23.2 Å². The summed E-state index contributed by atoms with van der Waals surface area (Å²) in [5.41, 5.74) is 2.78. The molecule has 0 radical (unpaired) electrons. The molecular formula is C39H65BF2N2O2. The zero-order valence-corrected chi connectivity index (χ0v) is 29.4. The molecule has 0 aromatic carbocycles. The summed E-state index contributed by atoms with van der Waals surface area (Å²) in [5, 5.41) is 0. The van der Waals surface area contributed by atoms with Crippen LogP contribution in [0.5, 0.6) is 0 Å². The van der Waals surface area contributed by atoms with E-state index in [-0.39, 0.29) is 11.5 Å². The molecule has 2 aromatic rings. The number of aryl methyl sites for hydroxylation is 2. The maximum absolute atomic E-state index is 13.3. The second-order valence-corrected chi connectivity index (χ2v) is 13.3. The Morgan fingerprint density at radius 1 is 0.565 bits per heavy atom. The van der Waals surface area contributed by atoms with Crippen LogP contribution in [0.25, 0.3) is 5.76 Å². The Balaban J connectivity index is 1.67. The second kappa shape index (κ2) is 26.7. The van der Waals surface area contributed by atoms with Crippen LogP contribution in [-0.2, 0) is 17.5 Å². The Hall–Kier alpha value is -2.31. The zero-order valence-electron chi connectivity index (χ0n) is 29.4. The second-order valence-electron chi connectivity index (χ2n) is 13.3. The molecule has 0 aliphatic rings. The van der Waals surface area contributed by atoms with Crippen LogP contribution in [0.1, 0.15) is 196 Å². The van der Waals surface area contributed by atoms with Gasteiger partial charge in [-0.05, 0) is 49.9 Å². The van der Waals surface area contributed by atoms with Crippen LogP contribution >= 0.6 is 0 Å². The maximum atomic E-state index is 13.3. The number of hydrogen-bond donors (Lipinski definition) is 2. The lowest BCUT2D eigenvalue weighted by Gasteiger charge is -2.07. The molecule has 0 saturated carbocycles. The van der Waals surface area contributed by atoms with E-state index in [9.17, 15) is 13.4 Å². The van der Waals surface area contributed by atoms with Crippen molar-refractivity contribution in [2.24, 2.45) is 0 Å². The van der Waals surface area contributed by atoms with Gasteiger partial charge in [0.05, 0.1) is 11.4 Å². The zero-order chi connectivity index (χ0) is 33.1. The fourth-order valence-electron chi connectivity index (χ4n) is 6.24. The SMILES string of the molecule is CCCCCCCCCCCCCCc1ccc(C(=O)/C=C(\OB(F)F)c2ccc(CCCCCCCCCCCCCC)[nH]2)[nH]1. The van der Waals surface area contributed by atoms with Crippen molar-refractivity contribution >= 4 is 19.0 Å². The maximum Gasteiger partial charge on any atom is 0.796 e. The molecule has 0 fully saturated rings. The molecule has 0 aliphatic carbocycles. The van der Waals surface area contributed by atoms with Crippen molar-refractivity contribution in [1.82, 2.24) is 9.97 Å². The van der Waals surface area contributed by atoms with Crippen LogP contribution in [0.15, 0.2) is 30.3 Å². The molecule has 7 heteroatoms. The molecule has 0 saturated heterocycles. The monoisotopic (exact) mass is 643 g/mol. The number of halogens is 2. The molecule has 0 bridgehead atoms. The fraction of sp³-hybridized carbons (Fsp3) is 0.718. The Morgan fingerprint density at radius 2 is 0.913 bits per heavy atom. The summed E-state index contributed by atoms with van der Waals surface area (Å²) in [4.78, 5) is 19.3. The van der Waals surface area contributed by atoms with Crippen LogP contribution < -0.4 is 0 Å². The van der Waals surface area contributed by atoms with Gasteiger partial charge in [-0.2, -0.15) is 0 Å². The van der Waals surface area contributed by atoms with Gasteiger partial charge in [0.25, 0.3) is 0 Å². The summed E-state index contributed by atoms with van der Waals surface area (Å²) in [6.07, 6.45) is 34.1. The lowest BCUT2D eigenvalue weighted by atomic mass is 10.0. The average molecular weight is 643 g/mol. The molecule has 4 nitrogen and oxygen atoms in total. The summed E-state index contributed by atoms with van der Waals surface area (Å²) in [7, 11) is -3.01. The van der Waals surface area contributed by atoms with Gasteiger partial charge in [0, 0.05) is 17.5 Å². The summed E-state index contributed by atoms with van der Waals surface area (Å²) in [6, 6.07) is 7.30. The molecule has 0 amide bonds. The molecule has 2 heterocycles. The number of ketones is 1. The third-order valence-corrected chi connectivity index (χ3v) is 9.10. The van der Waals surface area contributed by atoms with E-state index in [0.29, 0.717) is 11.4 Å². The minimum atomic E-state index is -3.01. The van der Waals surface area contributed by atoms with Gasteiger partial charge in [0.15, 0.2) is 0 Å². The Labute approximate surface area is 280 Å². The van der Waals surface area contributed by atoms with Crippen molar-refractivity contribution in [1.29, 1.82) is 0 Å². The van der Waals surface area contributed by atoms with E-state index in [1.54, 1.807) is 12.1 Å². The van der Waals surface area contributed by atoms with Crippen molar-refractivity contribution in [3.63, 3.8) is 0 Å². The third kappa shape index (κ3) is 19.4. The Bertz CT molecular complexity index is 1050. The summed E-state index contributed by atoms with van der Waals surface area (Å²) < 4.78 is 31.3. The van der Waals surface area contributed by atoms with Crippen molar-refractivity contribution in [2.45, 2.75) is 181 Å². The minimum Gasteiger partial charge on any atom is -0.503 e. The van der Waals surface area contributed by atoms with Gasteiger partial charge >= 0.3 is 7.47 Å². The standard InChI is InChI=1S/C39H65BF2N2O2/c1-3-5-7-9-11-13-15-17-19-21-23-25-27-34-29-31-36(43-34)38(45)33-39(46-40(41)42)37-32-30-35(44-37)28-26-24-22-20-18-16-14-12-10-8-6-4-2/h29-33,43-44H,3-28H2,1-2H3/b39-33-. The largest absolute Gasteiger partial charge is 0.796 e. The highest BCUT2D eigenvalue weighted by Gasteiger charge is 2.22. The topological polar surface area (TPSA) is 57.9 Å². The number of carbonyl (C=O) groups is 1. The molecule has 260 valence electrons. The van der Waals surface area contributed by atoms with E-state index >= 15 is 0 Å². The summed E-state index contributed by atoms with van der Waals surface area (Å²) in [6.45, 7) is 4.52. The van der Waals surface area contributed by atoms with Crippen molar-refractivity contribution in [2.75, 3.05) is 0 Å². The first-order valence-electron chi connectivity index (χ1n) is 19.1. The number of rotatable bonds is 31. The Kier molecular flexibility index (Phi) is 23.2. The van der Waals surface area contributed by atoms with Crippen molar-refractivity contribution in [3.8, 4) is 0 Å². The van der Waals surface area contributed by atoms with E-state index in [4.69, 9.17) is 4.65 Å². The van der Waals surface area contributed by atoms with Gasteiger partial charge < -0.3 is 14.6 Å². The number of aromatic nitrogens is 2. The number of H-pyrrole nitrogens is 2. The van der Waals surface area contributed by atoms with Gasteiger partial charge in [-0.1, -0.05) is 155 Å². The van der Waals surface area contributed by atoms with Crippen LogP contribution in [0.2, 0.25) is 0 Å². The third-order valence-electron chi connectivity index (χ3n) is 9.10. The molecule has 0 aliphatic heterocycles. The number of aromatic amines is 2. The minimum absolute atomic E-state index is 0.127. The number of hydrogen-bond acceptors (Lipinski definition) is 2. The van der Waals surface area contributed by atoms with Gasteiger partial charge in [0.2, 0.25) is 5.78 Å². The first-order valence-corrected chi connectivity index (χ1v) is 19.1. The van der Waals surface area contributed by atoms with Gasteiger partial charge in [-0.15, -0.1) is 0 Å². The average Bonchev–Trinajstić information content (AvgIpc) is 3.72. The van der Waals surface area contributed by atoms with E-state index in [1.807, 2.05) is 12.1 Å². The molecule has 2 aromatic heterocycles. The van der Waals surface area contributed by atoms with Crippen molar-refractivity contribution in [3.05, 3.63) is 53.1 Å². The van der Waals surface area contributed by atoms with Crippen LogP contribution in [0, 0.1) is 0 Å². The molecule has 2 N–H and O–H groups in total. The molecule has 46 heavy (non-hydrogen) atoms. The van der Waals surface area contributed by atoms with E-state index in [1.165, 1.54) is 141 Å². The smallest absolute Gasteiger partial charge is 0.503 e. The van der Waals surface area contributed by atoms with Crippen LogP contribution in [0.4, 0.5) is 8.63 Å². The van der Waals surface area contributed by atoms with E-state index in [2.05, 4.69) is 23.8 Å². The molecule has 0 spiro atoms. The quantitative estimate of drug-likeness (QED) is 0.0283. The molecule has 0 atom stereocenters. The summed E-state index contributed by atoms with van der Waals surface area (Å²) in [5.74, 6) is -0.494. The van der Waals surface area contributed by atoms with Gasteiger partial charge in [-0.25, -0.2) is 8.63 Å². The number of carbonyl (C=O) groups excluding carboxylic acids is 1. The van der Waals surface area contributed by atoms with Crippen LogP contribution in [0.3, 0.4) is 0 Å². The lowest BCUT2D eigenvalue weighted by Crippen LogP contribution is -2.07. The van der Waals surface area contributed by atoms with E-state index < -0.39 is 7.47 Å². The van der Waals surface area contributed by atoms with Crippen molar-refractivity contribution < 1.29 is 18.1 Å². The molecule has 2 rings (SSSR count). The van der Waals surface area contributed by atoms with Gasteiger partial charge in [-0.3, -0.25) is 4.79 Å². The number of allylic oxidation sites excluding steroid dienone is 1. The normalized spacial score (nSPS) is 11.8. The number of unbranched alkanes of at least 4 members (excludes halogenated alkanes) is 22. The first kappa shape index (κ1) is 39.9. The molecule has 0 unspecified atom stereocenters. The Morgan fingerprint density at radius 3 is 1.30 bits per heavy atom. The van der Waals surface area contributed by atoms with Gasteiger partial charge in [0.1, 0.15) is 5.76 Å². The predicted molar refractivity (Wildman–Crippen MR) is 193 cm³/mol.